The number of rotatable bonds is 7. The van der Waals surface area contributed by atoms with Crippen LogP contribution >= 0.6 is 0 Å². The summed E-state index contributed by atoms with van der Waals surface area (Å²) in [5, 5.41) is 3.45. The molecular formula is C34H31F3N6O3. The number of pyridine rings is 2. The fourth-order valence-electron chi connectivity index (χ4n) is 5.59. The Hall–Kier alpha value is -5.23. The Kier molecular flexibility index (Phi) is 8.46. The molecule has 236 valence electrons. The van der Waals surface area contributed by atoms with E-state index in [0.29, 0.717) is 23.7 Å². The van der Waals surface area contributed by atoms with E-state index in [0.717, 1.165) is 60.5 Å². The Morgan fingerprint density at radius 1 is 0.978 bits per heavy atom. The molecule has 1 unspecified atom stereocenters. The number of ether oxygens (including phenoxy) is 1. The van der Waals surface area contributed by atoms with E-state index in [1.807, 2.05) is 52.9 Å². The number of alkyl halides is 3. The third-order valence-electron chi connectivity index (χ3n) is 8.01. The highest BCUT2D eigenvalue weighted by atomic mass is 19.4. The summed E-state index contributed by atoms with van der Waals surface area (Å²) in [4.78, 5) is 39.0. The van der Waals surface area contributed by atoms with Crippen molar-refractivity contribution in [1.29, 1.82) is 0 Å². The molecule has 3 aromatic heterocycles. The lowest BCUT2D eigenvalue weighted by Gasteiger charge is -2.39. The Bertz CT molecular complexity index is 1860. The largest absolute Gasteiger partial charge is 0.439 e. The molecule has 1 atom stereocenters. The molecule has 1 aliphatic rings. The normalized spacial score (nSPS) is 15.6. The third-order valence-corrected chi connectivity index (χ3v) is 8.01. The second kappa shape index (κ2) is 12.6. The number of hydrogen-bond acceptors (Lipinski definition) is 6. The van der Waals surface area contributed by atoms with E-state index < -0.39 is 17.6 Å². The predicted octanol–water partition coefficient (Wildman–Crippen LogP) is 6.38. The van der Waals surface area contributed by atoms with Gasteiger partial charge < -0.3 is 19.5 Å². The first-order valence-corrected chi connectivity index (χ1v) is 14.7. The van der Waals surface area contributed by atoms with Crippen molar-refractivity contribution >= 4 is 28.4 Å². The lowest BCUT2D eigenvalue weighted by atomic mass is 10.1. The number of benzene rings is 2. The van der Waals surface area contributed by atoms with Crippen molar-refractivity contribution in [3.8, 4) is 11.6 Å². The van der Waals surface area contributed by atoms with Crippen LogP contribution in [0.5, 0.6) is 11.6 Å². The summed E-state index contributed by atoms with van der Waals surface area (Å²) >= 11 is 0. The highest BCUT2D eigenvalue weighted by molar-refractivity contribution is 6.04. The van der Waals surface area contributed by atoms with E-state index in [4.69, 9.17) is 4.74 Å². The molecule has 1 saturated heterocycles. The van der Waals surface area contributed by atoms with Gasteiger partial charge in [0.15, 0.2) is 0 Å². The highest BCUT2D eigenvalue weighted by Crippen LogP contribution is 2.30. The molecule has 0 bridgehead atoms. The van der Waals surface area contributed by atoms with Crippen LogP contribution in [0.25, 0.3) is 10.9 Å². The Balaban J connectivity index is 1.08. The number of anilines is 1. The van der Waals surface area contributed by atoms with Gasteiger partial charge in [-0.1, -0.05) is 6.07 Å². The Morgan fingerprint density at radius 2 is 1.78 bits per heavy atom. The number of aromatic nitrogens is 3. The van der Waals surface area contributed by atoms with Gasteiger partial charge in [0, 0.05) is 68.0 Å². The number of carbonyl (C=O) groups is 2. The molecule has 0 aliphatic carbocycles. The van der Waals surface area contributed by atoms with E-state index >= 15 is 0 Å². The second-order valence-corrected chi connectivity index (χ2v) is 11.2. The minimum Gasteiger partial charge on any atom is -0.439 e. The quantitative estimate of drug-likeness (QED) is 0.225. The smallest absolute Gasteiger partial charge is 0.416 e. The van der Waals surface area contributed by atoms with Crippen molar-refractivity contribution in [2.75, 3.05) is 25.0 Å². The number of halogens is 3. The van der Waals surface area contributed by atoms with Crippen LogP contribution < -0.4 is 10.1 Å². The maximum Gasteiger partial charge on any atom is 0.416 e. The molecule has 0 spiro atoms. The minimum atomic E-state index is -4.48. The van der Waals surface area contributed by atoms with Gasteiger partial charge in [0.1, 0.15) is 11.4 Å². The first-order valence-electron chi connectivity index (χ1n) is 14.7. The van der Waals surface area contributed by atoms with Gasteiger partial charge in [-0.3, -0.25) is 19.5 Å². The third kappa shape index (κ3) is 6.71. The van der Waals surface area contributed by atoms with Gasteiger partial charge in [-0.2, -0.15) is 13.2 Å². The zero-order valence-corrected chi connectivity index (χ0v) is 25.2. The number of hydrogen-bond donors (Lipinski definition) is 1. The SMILES string of the molecule is CC1CN(Cc2ccccn2)CCN1C(=O)c1cc2cc(Oc3ccc(NC(=O)c4ccc(C(F)(F)F)cc4)cn3)ccc2n1C. The maximum atomic E-state index is 13.7. The van der Waals surface area contributed by atoms with Crippen LogP contribution in [0.2, 0.25) is 0 Å². The summed E-state index contributed by atoms with van der Waals surface area (Å²) in [6, 6.07) is 20.4. The van der Waals surface area contributed by atoms with Crippen LogP contribution in [0.1, 0.15) is 39.0 Å². The van der Waals surface area contributed by atoms with Crippen molar-refractivity contribution in [2.45, 2.75) is 25.7 Å². The van der Waals surface area contributed by atoms with Gasteiger partial charge in [0.05, 0.1) is 23.1 Å². The minimum absolute atomic E-state index is 0.0262. The number of piperazine rings is 1. The van der Waals surface area contributed by atoms with Gasteiger partial charge in [-0.05, 0) is 73.7 Å². The zero-order chi connectivity index (χ0) is 32.4. The number of nitrogens with zero attached hydrogens (tertiary/aromatic N) is 5. The molecule has 1 fully saturated rings. The van der Waals surface area contributed by atoms with E-state index in [9.17, 15) is 22.8 Å². The summed E-state index contributed by atoms with van der Waals surface area (Å²) in [7, 11) is 1.87. The molecule has 2 amide bonds. The van der Waals surface area contributed by atoms with Crippen molar-refractivity contribution in [1.82, 2.24) is 24.3 Å². The maximum absolute atomic E-state index is 13.7. The predicted molar refractivity (Wildman–Crippen MR) is 167 cm³/mol. The van der Waals surface area contributed by atoms with Gasteiger partial charge in [0.2, 0.25) is 5.88 Å². The number of aryl methyl sites for hydroxylation is 1. The van der Waals surface area contributed by atoms with Crippen LogP contribution in [-0.2, 0) is 19.8 Å². The number of fused-ring (bicyclic) bond motifs is 1. The van der Waals surface area contributed by atoms with E-state index in [1.165, 1.54) is 6.20 Å². The average molecular weight is 629 g/mol. The molecule has 0 saturated carbocycles. The van der Waals surface area contributed by atoms with Gasteiger partial charge in [0.25, 0.3) is 11.8 Å². The van der Waals surface area contributed by atoms with Gasteiger partial charge in [-0.15, -0.1) is 0 Å². The highest BCUT2D eigenvalue weighted by Gasteiger charge is 2.31. The van der Waals surface area contributed by atoms with Crippen molar-refractivity contribution in [2.24, 2.45) is 7.05 Å². The summed E-state index contributed by atoms with van der Waals surface area (Å²) in [6.07, 6.45) is -1.29. The lowest BCUT2D eigenvalue weighted by Crippen LogP contribution is -2.53. The summed E-state index contributed by atoms with van der Waals surface area (Å²) in [5.74, 6) is 0.200. The molecule has 4 heterocycles. The monoisotopic (exact) mass is 628 g/mol. The van der Waals surface area contributed by atoms with Crippen LogP contribution in [0.15, 0.2) is 91.3 Å². The molecule has 9 nitrogen and oxygen atoms in total. The molecule has 12 heteroatoms. The molecule has 46 heavy (non-hydrogen) atoms. The van der Waals surface area contributed by atoms with Crippen molar-refractivity contribution < 1.29 is 27.5 Å². The first kappa shape index (κ1) is 30.8. The molecule has 5 aromatic rings. The summed E-state index contributed by atoms with van der Waals surface area (Å²) in [5.41, 5.74) is 2.08. The lowest BCUT2D eigenvalue weighted by molar-refractivity contribution is -0.137. The van der Waals surface area contributed by atoms with E-state index in [2.05, 4.69) is 27.1 Å². The Labute approximate surface area is 263 Å². The second-order valence-electron chi connectivity index (χ2n) is 11.2. The molecule has 2 aromatic carbocycles. The van der Waals surface area contributed by atoms with Crippen LogP contribution in [-0.4, -0.2) is 61.8 Å². The van der Waals surface area contributed by atoms with Crippen molar-refractivity contribution in [3.05, 3.63) is 114 Å². The van der Waals surface area contributed by atoms with Gasteiger partial charge >= 0.3 is 6.18 Å². The number of amides is 2. The van der Waals surface area contributed by atoms with Crippen LogP contribution in [0, 0.1) is 0 Å². The van der Waals surface area contributed by atoms with E-state index in [1.54, 1.807) is 24.4 Å². The molecular weight excluding hydrogens is 597 g/mol. The van der Waals surface area contributed by atoms with Gasteiger partial charge in [-0.25, -0.2) is 4.98 Å². The molecule has 1 aliphatic heterocycles. The van der Waals surface area contributed by atoms with E-state index in [-0.39, 0.29) is 23.4 Å². The topological polar surface area (TPSA) is 92.6 Å². The fourth-order valence-corrected chi connectivity index (χ4v) is 5.59. The Morgan fingerprint density at radius 3 is 2.46 bits per heavy atom. The summed E-state index contributed by atoms with van der Waals surface area (Å²) < 4.78 is 46.2. The van der Waals surface area contributed by atoms with Crippen LogP contribution in [0.3, 0.4) is 0 Å². The molecule has 6 rings (SSSR count). The molecule has 0 radical (unpaired) electrons. The first-order chi connectivity index (χ1) is 22.0. The fraction of sp³-hybridized carbons (Fsp3) is 0.235. The average Bonchev–Trinajstić information content (AvgIpc) is 3.37. The van der Waals surface area contributed by atoms with Crippen molar-refractivity contribution in [3.63, 3.8) is 0 Å². The zero-order valence-electron chi connectivity index (χ0n) is 25.2. The standard InChI is InChI=1S/C34H31F3N6O3/c1-22-20-42(21-27-5-3-4-14-38-27)15-16-43(22)33(45)30-18-24-17-28(11-12-29(24)41(30)2)46-31-13-10-26(19-39-31)40-32(44)23-6-8-25(9-7-23)34(35,36)37/h3-14,17-19,22H,15-16,20-21H2,1-2H3,(H,40,44). The van der Waals surface area contributed by atoms with Crippen LogP contribution in [0.4, 0.5) is 18.9 Å². The number of nitrogens with one attached hydrogen (secondary N) is 1. The number of carbonyl (C=O) groups excluding carboxylic acids is 2. The summed E-state index contributed by atoms with van der Waals surface area (Å²) in [6.45, 7) is 4.96. The molecule has 1 N–H and O–H groups in total.